The molecule has 20 heavy (non-hydrogen) atoms. The number of hydrogen-bond donors (Lipinski definition) is 2. The molecule has 0 rings (SSSR count). The molecule has 0 aliphatic carbocycles. The fourth-order valence-corrected chi connectivity index (χ4v) is 2.09. The smallest absolute Gasteiger partial charge is 0.320 e. The van der Waals surface area contributed by atoms with E-state index >= 15 is 0 Å². The van der Waals surface area contributed by atoms with Crippen molar-refractivity contribution in [2.24, 2.45) is 5.11 Å². The second-order valence-electron chi connectivity index (χ2n) is 5.06. The van der Waals surface area contributed by atoms with Gasteiger partial charge in [0.05, 0.1) is 0 Å². The third kappa shape index (κ3) is 11.8. The number of hydrogen-bond acceptors (Lipinski definition) is 3. The monoisotopic (exact) mass is 284 g/mol. The molecule has 0 heterocycles. The topological polar surface area (TPSA) is 98.1 Å². The van der Waals surface area contributed by atoms with Gasteiger partial charge in [0.25, 0.3) is 0 Å². The summed E-state index contributed by atoms with van der Waals surface area (Å²) in [5, 5.41) is 15.5. The first-order chi connectivity index (χ1) is 9.72. The van der Waals surface area contributed by atoms with E-state index in [1.165, 1.54) is 32.1 Å². The Morgan fingerprint density at radius 3 is 2.45 bits per heavy atom. The molecule has 0 aromatic rings. The zero-order valence-electron chi connectivity index (χ0n) is 12.6. The minimum Gasteiger partial charge on any atom is -0.480 e. The molecule has 0 aliphatic rings. The highest BCUT2D eigenvalue weighted by Crippen LogP contribution is 2.10. The Bertz CT molecular complexity index is 291. The maximum Gasteiger partial charge on any atom is 0.320 e. The van der Waals surface area contributed by atoms with Gasteiger partial charge in [0.2, 0.25) is 0 Å². The van der Waals surface area contributed by atoms with Gasteiger partial charge in [-0.1, -0.05) is 57.0 Å². The van der Waals surface area contributed by atoms with Gasteiger partial charge in [-0.3, -0.25) is 4.79 Å². The largest absolute Gasteiger partial charge is 0.480 e. The first kappa shape index (κ1) is 18.7. The van der Waals surface area contributed by atoms with E-state index in [4.69, 9.17) is 10.6 Å². The van der Waals surface area contributed by atoms with Gasteiger partial charge in [-0.2, -0.15) is 0 Å². The Balaban J connectivity index is 3.59. The number of carboxylic acid groups (broad SMARTS) is 1. The van der Waals surface area contributed by atoms with Crippen molar-refractivity contribution in [1.82, 2.24) is 5.32 Å². The van der Waals surface area contributed by atoms with Gasteiger partial charge >= 0.3 is 5.97 Å². The number of nitrogens with zero attached hydrogens (tertiary/aromatic N) is 3. The van der Waals surface area contributed by atoms with Crippen molar-refractivity contribution in [2.75, 3.05) is 13.1 Å². The molecule has 0 fully saturated rings. The summed E-state index contributed by atoms with van der Waals surface area (Å²) in [5.74, 6) is -0.792. The predicted octanol–water partition coefficient (Wildman–Crippen LogP) is 3.87. The van der Waals surface area contributed by atoms with Crippen molar-refractivity contribution in [3.63, 3.8) is 0 Å². The van der Waals surface area contributed by atoms with Crippen LogP contribution in [0.25, 0.3) is 10.4 Å². The number of aliphatic carboxylic acids is 1. The molecule has 0 aliphatic heterocycles. The zero-order valence-corrected chi connectivity index (χ0v) is 12.6. The Hall–Kier alpha value is -1.26. The molecule has 0 aromatic carbocycles. The van der Waals surface area contributed by atoms with Gasteiger partial charge < -0.3 is 10.4 Å². The molecule has 6 nitrogen and oxygen atoms in total. The normalized spacial score (nSPS) is 11.8. The lowest BCUT2D eigenvalue weighted by Gasteiger charge is -2.13. The summed E-state index contributed by atoms with van der Waals surface area (Å²) < 4.78 is 0. The molecule has 6 heteroatoms. The van der Waals surface area contributed by atoms with E-state index in [1.807, 2.05) is 0 Å². The quantitative estimate of drug-likeness (QED) is 0.219. The molecule has 0 radical (unpaired) electrons. The molecule has 116 valence electrons. The number of carboxylic acids is 1. The molecule has 0 spiro atoms. The van der Waals surface area contributed by atoms with Crippen LogP contribution in [0.4, 0.5) is 0 Å². The summed E-state index contributed by atoms with van der Waals surface area (Å²) in [4.78, 5) is 13.7. The van der Waals surface area contributed by atoms with Gasteiger partial charge in [0.15, 0.2) is 0 Å². The molecule has 0 bridgehead atoms. The Labute approximate surface area is 121 Å². The minimum absolute atomic E-state index is 0.410. The van der Waals surface area contributed by atoms with E-state index < -0.39 is 12.0 Å². The van der Waals surface area contributed by atoms with Crippen LogP contribution in [-0.4, -0.2) is 30.2 Å². The summed E-state index contributed by atoms with van der Waals surface area (Å²) in [6, 6.07) is -0.475. The van der Waals surface area contributed by atoms with E-state index in [-0.39, 0.29) is 0 Å². The van der Waals surface area contributed by atoms with Crippen LogP contribution in [0.3, 0.4) is 0 Å². The predicted molar refractivity (Wildman–Crippen MR) is 80.7 cm³/mol. The highest BCUT2D eigenvalue weighted by Gasteiger charge is 2.15. The van der Waals surface area contributed by atoms with Gasteiger partial charge in [0, 0.05) is 11.5 Å². The molecule has 0 saturated carbocycles. The standard InChI is InChI=1S/C14H28N4O2/c1-2-3-4-5-6-7-8-10-13(14(19)20)16-11-9-12-17-18-15/h13,16H,2-12H2,1H3,(H,19,20). The molecule has 0 amide bonds. The fraction of sp³-hybridized carbons (Fsp3) is 0.929. The summed E-state index contributed by atoms with van der Waals surface area (Å²) in [7, 11) is 0. The number of azide groups is 1. The van der Waals surface area contributed by atoms with E-state index in [0.717, 1.165) is 12.8 Å². The van der Waals surface area contributed by atoms with Crippen LogP contribution in [0.15, 0.2) is 5.11 Å². The first-order valence-corrected chi connectivity index (χ1v) is 7.69. The average molecular weight is 284 g/mol. The van der Waals surface area contributed by atoms with Crippen molar-refractivity contribution in [3.05, 3.63) is 10.4 Å². The number of rotatable bonds is 14. The second-order valence-corrected chi connectivity index (χ2v) is 5.06. The van der Waals surface area contributed by atoms with Crippen molar-refractivity contribution < 1.29 is 9.90 Å². The van der Waals surface area contributed by atoms with Crippen LogP contribution in [0.1, 0.15) is 64.7 Å². The van der Waals surface area contributed by atoms with E-state index in [2.05, 4.69) is 22.3 Å². The summed E-state index contributed by atoms with van der Waals surface area (Å²) in [5.41, 5.74) is 8.13. The SMILES string of the molecule is CCCCCCCCCC(NCCCN=[N+]=[N-])C(=O)O. The Kier molecular flexibility index (Phi) is 13.3. The van der Waals surface area contributed by atoms with Crippen LogP contribution >= 0.6 is 0 Å². The van der Waals surface area contributed by atoms with Gasteiger partial charge in [0.1, 0.15) is 6.04 Å². The fourth-order valence-electron chi connectivity index (χ4n) is 2.09. The second kappa shape index (κ2) is 14.2. The molecule has 0 aromatic heterocycles. The molecular formula is C14H28N4O2. The maximum absolute atomic E-state index is 11.1. The molecule has 2 N–H and O–H groups in total. The average Bonchev–Trinajstić information content (AvgIpc) is 2.43. The summed E-state index contributed by atoms with van der Waals surface area (Å²) >= 11 is 0. The third-order valence-corrected chi connectivity index (χ3v) is 3.28. The summed E-state index contributed by atoms with van der Waals surface area (Å²) in [6.45, 7) is 3.19. The van der Waals surface area contributed by atoms with Gasteiger partial charge in [-0.15, -0.1) is 0 Å². The van der Waals surface area contributed by atoms with Crippen LogP contribution < -0.4 is 5.32 Å². The molecule has 1 atom stereocenters. The Morgan fingerprint density at radius 2 is 1.85 bits per heavy atom. The Morgan fingerprint density at radius 1 is 1.20 bits per heavy atom. The number of nitrogens with one attached hydrogen (secondary N) is 1. The lowest BCUT2D eigenvalue weighted by atomic mass is 10.1. The van der Waals surface area contributed by atoms with E-state index in [1.54, 1.807) is 0 Å². The number of carbonyl (C=O) groups is 1. The highest BCUT2D eigenvalue weighted by molar-refractivity contribution is 5.73. The van der Waals surface area contributed by atoms with Crippen molar-refractivity contribution in [1.29, 1.82) is 0 Å². The third-order valence-electron chi connectivity index (χ3n) is 3.28. The van der Waals surface area contributed by atoms with Crippen LogP contribution in [-0.2, 0) is 4.79 Å². The van der Waals surface area contributed by atoms with Crippen LogP contribution in [0.2, 0.25) is 0 Å². The lowest BCUT2D eigenvalue weighted by Crippen LogP contribution is -2.37. The zero-order chi connectivity index (χ0) is 15.1. The molecule has 0 saturated heterocycles. The number of unbranched alkanes of at least 4 members (excludes halogenated alkanes) is 6. The minimum atomic E-state index is -0.792. The van der Waals surface area contributed by atoms with Gasteiger partial charge in [-0.05, 0) is 24.9 Å². The molecule has 1 unspecified atom stereocenters. The lowest BCUT2D eigenvalue weighted by molar-refractivity contribution is -0.139. The maximum atomic E-state index is 11.1. The summed E-state index contributed by atoms with van der Waals surface area (Å²) in [6.07, 6.45) is 9.69. The van der Waals surface area contributed by atoms with Crippen molar-refractivity contribution in [3.8, 4) is 0 Å². The van der Waals surface area contributed by atoms with E-state index in [9.17, 15) is 4.79 Å². The first-order valence-electron chi connectivity index (χ1n) is 7.69. The van der Waals surface area contributed by atoms with E-state index in [0.29, 0.717) is 25.9 Å². The highest BCUT2D eigenvalue weighted by atomic mass is 16.4. The van der Waals surface area contributed by atoms with Crippen molar-refractivity contribution in [2.45, 2.75) is 70.8 Å². The van der Waals surface area contributed by atoms with Crippen LogP contribution in [0.5, 0.6) is 0 Å². The van der Waals surface area contributed by atoms with Crippen LogP contribution in [0, 0.1) is 0 Å². The molecular weight excluding hydrogens is 256 g/mol. The van der Waals surface area contributed by atoms with Crippen molar-refractivity contribution >= 4 is 5.97 Å². The van der Waals surface area contributed by atoms with Gasteiger partial charge in [-0.25, -0.2) is 0 Å².